The summed E-state index contributed by atoms with van der Waals surface area (Å²) in [5, 5.41) is 31.8. The smallest absolute Gasteiger partial charge is 0.200 e. The lowest BCUT2D eigenvalue weighted by Gasteiger charge is -2.42. The van der Waals surface area contributed by atoms with Crippen molar-refractivity contribution < 1.29 is 15.3 Å². The number of phenols is 3. The van der Waals surface area contributed by atoms with Crippen LogP contribution in [0.1, 0.15) is 38.2 Å². The van der Waals surface area contributed by atoms with Gasteiger partial charge >= 0.3 is 0 Å². The van der Waals surface area contributed by atoms with E-state index in [4.69, 9.17) is 0 Å². The molecule has 0 aliphatic heterocycles. The molecule has 1 aromatic rings. The van der Waals surface area contributed by atoms with Gasteiger partial charge < -0.3 is 20.6 Å². The average molecular weight is 237 g/mol. The molecule has 1 aliphatic carbocycles. The topological polar surface area (TPSA) is 72.7 Å². The second kappa shape index (κ2) is 4.45. The Kier molecular flexibility index (Phi) is 3.15. The third-order valence-corrected chi connectivity index (χ3v) is 3.85. The van der Waals surface area contributed by atoms with Gasteiger partial charge in [-0.2, -0.15) is 0 Å². The zero-order valence-electron chi connectivity index (χ0n) is 10.0. The maximum atomic E-state index is 9.69. The lowest BCUT2D eigenvalue weighted by atomic mass is 9.75. The molecule has 2 rings (SSSR count). The first-order valence-corrected chi connectivity index (χ1v) is 6.06. The molecule has 1 aromatic carbocycles. The van der Waals surface area contributed by atoms with Crippen molar-refractivity contribution in [3.05, 3.63) is 17.7 Å². The predicted octanol–water partition coefficient (Wildman–Crippen LogP) is 2.23. The summed E-state index contributed by atoms with van der Waals surface area (Å²) in [6.07, 6.45) is 4.63. The van der Waals surface area contributed by atoms with Gasteiger partial charge in [0.05, 0.1) is 0 Å². The van der Waals surface area contributed by atoms with Crippen LogP contribution in [0.3, 0.4) is 0 Å². The van der Waals surface area contributed by atoms with E-state index in [0.29, 0.717) is 12.1 Å². The van der Waals surface area contributed by atoms with Gasteiger partial charge in [0.1, 0.15) is 0 Å². The van der Waals surface area contributed by atoms with Crippen LogP contribution >= 0.6 is 0 Å². The van der Waals surface area contributed by atoms with Gasteiger partial charge in [0.25, 0.3) is 0 Å². The quantitative estimate of drug-likeness (QED) is 0.606. The highest BCUT2D eigenvalue weighted by atomic mass is 16.3. The molecule has 0 atom stereocenters. The van der Waals surface area contributed by atoms with E-state index >= 15 is 0 Å². The molecule has 1 saturated carbocycles. The molecular formula is C13H19NO3. The van der Waals surface area contributed by atoms with Crippen LogP contribution in [0.2, 0.25) is 0 Å². The van der Waals surface area contributed by atoms with Gasteiger partial charge in [-0.25, -0.2) is 0 Å². The summed E-state index contributed by atoms with van der Waals surface area (Å²) in [7, 11) is 0. The van der Waals surface area contributed by atoms with Crippen LogP contribution in [0.25, 0.3) is 0 Å². The summed E-state index contributed by atoms with van der Waals surface area (Å²) < 4.78 is 0. The number of aromatic hydroxyl groups is 3. The highest BCUT2D eigenvalue weighted by Gasteiger charge is 2.34. The SMILES string of the molecule is CCC1(NCc2ccc(O)c(O)c2O)CCC1. The number of hydrogen-bond donors (Lipinski definition) is 4. The lowest BCUT2D eigenvalue weighted by molar-refractivity contribution is 0.175. The van der Waals surface area contributed by atoms with Crippen molar-refractivity contribution in [3.63, 3.8) is 0 Å². The molecular weight excluding hydrogens is 218 g/mol. The molecule has 0 bridgehead atoms. The highest BCUT2D eigenvalue weighted by Crippen LogP contribution is 2.39. The maximum Gasteiger partial charge on any atom is 0.200 e. The van der Waals surface area contributed by atoms with Gasteiger partial charge in [0, 0.05) is 17.6 Å². The molecule has 1 aliphatic rings. The van der Waals surface area contributed by atoms with Crippen LogP contribution in [0.4, 0.5) is 0 Å². The van der Waals surface area contributed by atoms with Crippen molar-refractivity contribution >= 4 is 0 Å². The Morgan fingerprint density at radius 2 is 1.88 bits per heavy atom. The van der Waals surface area contributed by atoms with Gasteiger partial charge in [-0.1, -0.05) is 13.0 Å². The van der Waals surface area contributed by atoms with Crippen LogP contribution in [-0.2, 0) is 6.54 Å². The molecule has 17 heavy (non-hydrogen) atoms. The Morgan fingerprint density at radius 1 is 1.18 bits per heavy atom. The number of rotatable bonds is 4. The van der Waals surface area contributed by atoms with E-state index in [1.54, 1.807) is 6.07 Å². The Balaban J connectivity index is 2.07. The summed E-state index contributed by atoms with van der Waals surface area (Å²) in [5.74, 6) is -0.966. The third kappa shape index (κ3) is 2.17. The van der Waals surface area contributed by atoms with Crippen molar-refractivity contribution in [1.82, 2.24) is 5.32 Å². The largest absolute Gasteiger partial charge is 0.504 e. The fourth-order valence-corrected chi connectivity index (χ4v) is 2.30. The molecule has 4 heteroatoms. The van der Waals surface area contributed by atoms with Crippen LogP contribution in [0.5, 0.6) is 17.2 Å². The minimum Gasteiger partial charge on any atom is -0.504 e. The van der Waals surface area contributed by atoms with E-state index < -0.39 is 5.75 Å². The average Bonchev–Trinajstić information content (AvgIpc) is 2.28. The molecule has 1 fully saturated rings. The van der Waals surface area contributed by atoms with Crippen molar-refractivity contribution in [2.45, 2.75) is 44.7 Å². The van der Waals surface area contributed by atoms with E-state index in [1.807, 2.05) is 0 Å². The molecule has 0 unspecified atom stereocenters. The number of phenolic OH excluding ortho intramolecular Hbond substituents is 3. The fourth-order valence-electron chi connectivity index (χ4n) is 2.30. The van der Waals surface area contributed by atoms with Gasteiger partial charge in [-0.3, -0.25) is 0 Å². The molecule has 0 radical (unpaired) electrons. The molecule has 0 aromatic heterocycles. The monoisotopic (exact) mass is 237 g/mol. The summed E-state index contributed by atoms with van der Waals surface area (Å²) in [5.41, 5.74) is 0.806. The summed E-state index contributed by atoms with van der Waals surface area (Å²) >= 11 is 0. The van der Waals surface area contributed by atoms with Gasteiger partial charge in [-0.15, -0.1) is 0 Å². The molecule has 94 valence electrons. The minimum atomic E-state index is -0.441. The number of nitrogens with one attached hydrogen (secondary N) is 1. The van der Waals surface area contributed by atoms with Gasteiger partial charge in [-0.05, 0) is 31.7 Å². The minimum absolute atomic E-state index is 0.194. The van der Waals surface area contributed by atoms with Crippen LogP contribution in [0, 0.1) is 0 Å². The third-order valence-electron chi connectivity index (χ3n) is 3.85. The highest BCUT2D eigenvalue weighted by molar-refractivity contribution is 5.53. The van der Waals surface area contributed by atoms with Crippen molar-refractivity contribution in [3.8, 4) is 17.2 Å². The zero-order chi connectivity index (χ0) is 12.5. The molecule has 0 saturated heterocycles. The van der Waals surface area contributed by atoms with Gasteiger partial charge in [0.15, 0.2) is 11.5 Å². The second-order valence-electron chi connectivity index (χ2n) is 4.78. The maximum absolute atomic E-state index is 9.69. The standard InChI is InChI=1S/C13H19NO3/c1-2-13(6-3-7-13)14-8-9-4-5-10(15)12(17)11(9)16/h4-5,14-17H,2-3,6-8H2,1H3. The summed E-state index contributed by atoms with van der Waals surface area (Å²) in [6, 6.07) is 3.02. The Bertz CT molecular complexity index is 408. The second-order valence-corrected chi connectivity index (χ2v) is 4.78. The van der Waals surface area contributed by atoms with E-state index in [2.05, 4.69) is 12.2 Å². The first kappa shape index (κ1) is 12.0. The van der Waals surface area contributed by atoms with E-state index in [9.17, 15) is 15.3 Å². The molecule has 0 amide bonds. The first-order chi connectivity index (χ1) is 8.08. The normalized spacial score (nSPS) is 17.7. The van der Waals surface area contributed by atoms with E-state index in [-0.39, 0.29) is 17.0 Å². The first-order valence-electron chi connectivity index (χ1n) is 6.06. The molecule has 0 heterocycles. The predicted molar refractivity (Wildman–Crippen MR) is 65.1 cm³/mol. The fraction of sp³-hybridized carbons (Fsp3) is 0.538. The van der Waals surface area contributed by atoms with Crippen molar-refractivity contribution in [2.24, 2.45) is 0 Å². The Morgan fingerprint density at radius 3 is 2.41 bits per heavy atom. The summed E-state index contributed by atoms with van der Waals surface area (Å²) in [4.78, 5) is 0. The Hall–Kier alpha value is -1.42. The van der Waals surface area contributed by atoms with Crippen LogP contribution in [0.15, 0.2) is 12.1 Å². The molecule has 4 nitrogen and oxygen atoms in total. The lowest BCUT2D eigenvalue weighted by Crippen LogP contribution is -2.49. The number of benzene rings is 1. The number of hydrogen-bond acceptors (Lipinski definition) is 4. The molecule has 4 N–H and O–H groups in total. The summed E-state index contributed by atoms with van der Waals surface area (Å²) in [6.45, 7) is 2.66. The Labute approximate surface area is 101 Å². The van der Waals surface area contributed by atoms with Crippen molar-refractivity contribution in [1.29, 1.82) is 0 Å². The molecule has 0 spiro atoms. The van der Waals surface area contributed by atoms with Crippen LogP contribution in [-0.4, -0.2) is 20.9 Å². The van der Waals surface area contributed by atoms with E-state index in [0.717, 1.165) is 19.3 Å². The van der Waals surface area contributed by atoms with Gasteiger partial charge in [0.2, 0.25) is 5.75 Å². The van der Waals surface area contributed by atoms with Crippen LogP contribution < -0.4 is 5.32 Å². The van der Waals surface area contributed by atoms with E-state index in [1.165, 1.54) is 12.5 Å². The van der Waals surface area contributed by atoms with Crippen molar-refractivity contribution in [2.75, 3.05) is 0 Å². The zero-order valence-corrected chi connectivity index (χ0v) is 10.0.